The van der Waals surface area contributed by atoms with Gasteiger partial charge in [-0.2, -0.15) is 0 Å². The first-order chi connectivity index (χ1) is 17.6. The number of hydrogen-bond donors (Lipinski definition) is 0. The van der Waals surface area contributed by atoms with Crippen LogP contribution in [0.5, 0.6) is 0 Å². The van der Waals surface area contributed by atoms with Crippen LogP contribution in [0.25, 0.3) is 10.8 Å². The molecule has 7 heteroatoms. The van der Waals surface area contributed by atoms with Crippen molar-refractivity contribution in [3.05, 3.63) is 102 Å². The fourth-order valence-electron chi connectivity index (χ4n) is 4.51. The minimum Gasteiger partial charge on any atom is -0.339 e. The summed E-state index contributed by atoms with van der Waals surface area (Å²) < 4.78 is 0. The number of hydrogen-bond acceptors (Lipinski definition) is 5. The third-order valence-electron chi connectivity index (χ3n) is 6.38. The molecule has 0 aliphatic carbocycles. The highest BCUT2D eigenvalue weighted by molar-refractivity contribution is 6.10. The van der Waals surface area contributed by atoms with E-state index in [4.69, 9.17) is 0 Å². The van der Waals surface area contributed by atoms with Crippen LogP contribution in [0.4, 0.5) is 5.69 Å². The first kappa shape index (κ1) is 23.4. The number of fused-ring (bicyclic) bond motifs is 1. The molecule has 3 aromatic carbocycles. The van der Waals surface area contributed by atoms with Crippen LogP contribution in [0.1, 0.15) is 45.8 Å². The van der Waals surface area contributed by atoms with Gasteiger partial charge >= 0.3 is 0 Å². The Morgan fingerprint density at radius 2 is 1.56 bits per heavy atom. The molecule has 7 nitrogen and oxygen atoms in total. The molecule has 4 aromatic rings. The Morgan fingerprint density at radius 3 is 2.33 bits per heavy atom. The molecule has 0 saturated carbocycles. The Morgan fingerprint density at radius 1 is 0.806 bits per heavy atom. The molecule has 0 spiro atoms. The third-order valence-corrected chi connectivity index (χ3v) is 6.38. The molecular weight excluding hydrogens is 452 g/mol. The minimum absolute atomic E-state index is 0.00877. The predicted molar refractivity (Wildman–Crippen MR) is 138 cm³/mol. The lowest BCUT2D eigenvalue weighted by molar-refractivity contribution is -0.117. The van der Waals surface area contributed by atoms with E-state index in [0.29, 0.717) is 11.3 Å². The second-order valence-corrected chi connectivity index (χ2v) is 8.88. The molecule has 0 unspecified atom stereocenters. The Hall–Kier alpha value is -4.39. The van der Waals surface area contributed by atoms with E-state index in [0.717, 1.165) is 42.3 Å². The van der Waals surface area contributed by atoms with Crippen molar-refractivity contribution in [1.29, 1.82) is 0 Å². The highest BCUT2D eigenvalue weighted by Crippen LogP contribution is 2.24. The van der Waals surface area contributed by atoms with Gasteiger partial charge in [0.15, 0.2) is 5.82 Å². The van der Waals surface area contributed by atoms with E-state index in [1.165, 1.54) is 12.4 Å². The molecule has 0 radical (unpaired) electrons. The third kappa shape index (κ3) is 5.15. The van der Waals surface area contributed by atoms with E-state index in [9.17, 15) is 14.4 Å². The SMILES string of the molecule is O=C(CC(=O)N(Cc1ccc2ccccc2c1)c1cccc(C(=O)N2CCCC2)c1)c1ncccn1. The first-order valence-corrected chi connectivity index (χ1v) is 12.1. The van der Waals surface area contributed by atoms with Crippen LogP contribution in [0.2, 0.25) is 0 Å². The molecule has 1 fully saturated rings. The van der Waals surface area contributed by atoms with Crippen LogP contribution >= 0.6 is 0 Å². The highest BCUT2D eigenvalue weighted by Gasteiger charge is 2.24. The van der Waals surface area contributed by atoms with Gasteiger partial charge in [-0.15, -0.1) is 0 Å². The number of carbonyl (C=O) groups is 3. The predicted octanol–water partition coefficient (Wildman–Crippen LogP) is 4.67. The van der Waals surface area contributed by atoms with Gasteiger partial charge in [0.05, 0.1) is 13.0 Å². The molecule has 1 saturated heterocycles. The molecule has 2 heterocycles. The van der Waals surface area contributed by atoms with E-state index in [1.54, 1.807) is 35.2 Å². The van der Waals surface area contributed by atoms with Crippen molar-refractivity contribution < 1.29 is 14.4 Å². The average molecular weight is 479 g/mol. The average Bonchev–Trinajstić information content (AvgIpc) is 3.47. The number of carbonyl (C=O) groups excluding carboxylic acids is 3. The maximum absolute atomic E-state index is 13.5. The van der Waals surface area contributed by atoms with Crippen molar-refractivity contribution in [1.82, 2.24) is 14.9 Å². The first-order valence-electron chi connectivity index (χ1n) is 12.1. The van der Waals surface area contributed by atoms with E-state index in [2.05, 4.69) is 9.97 Å². The quantitative estimate of drug-likeness (QED) is 0.285. The lowest BCUT2D eigenvalue weighted by atomic mass is 10.1. The molecule has 0 N–H and O–H groups in total. The van der Waals surface area contributed by atoms with Gasteiger partial charge in [0.1, 0.15) is 0 Å². The summed E-state index contributed by atoms with van der Waals surface area (Å²) in [6.07, 6.45) is 4.58. The van der Waals surface area contributed by atoms with E-state index in [-0.39, 0.29) is 30.6 Å². The van der Waals surface area contributed by atoms with Crippen molar-refractivity contribution in [2.45, 2.75) is 25.8 Å². The molecule has 0 atom stereocenters. The minimum atomic E-state index is -0.451. The maximum atomic E-state index is 13.5. The van der Waals surface area contributed by atoms with Gasteiger partial charge in [-0.05, 0) is 59.5 Å². The van der Waals surface area contributed by atoms with Gasteiger partial charge in [0.25, 0.3) is 5.91 Å². The molecule has 2 amide bonds. The zero-order chi connectivity index (χ0) is 24.9. The number of anilines is 1. The number of benzene rings is 3. The summed E-state index contributed by atoms with van der Waals surface area (Å²) in [6.45, 7) is 1.75. The number of likely N-dealkylation sites (tertiary alicyclic amines) is 1. The monoisotopic (exact) mass is 478 g/mol. The molecule has 180 valence electrons. The Labute approximate surface area is 209 Å². The van der Waals surface area contributed by atoms with Crippen LogP contribution in [0, 0.1) is 0 Å². The standard InChI is InChI=1S/C29H26N4O3/c34-26(28-30-13-6-14-31-28)19-27(35)33(20-21-11-12-22-7-1-2-8-23(22)17-21)25-10-5-9-24(18-25)29(36)32-15-3-4-16-32/h1-2,5-14,17-18H,3-4,15-16,19-20H2. The van der Waals surface area contributed by atoms with Crippen molar-refractivity contribution >= 4 is 34.1 Å². The topological polar surface area (TPSA) is 83.5 Å². The maximum Gasteiger partial charge on any atom is 0.253 e. The lowest BCUT2D eigenvalue weighted by Gasteiger charge is -2.24. The summed E-state index contributed by atoms with van der Waals surface area (Å²) >= 11 is 0. The second-order valence-electron chi connectivity index (χ2n) is 8.88. The summed E-state index contributed by atoms with van der Waals surface area (Å²) in [5.74, 6) is -0.865. The van der Waals surface area contributed by atoms with Gasteiger partial charge in [0.2, 0.25) is 11.7 Å². The van der Waals surface area contributed by atoms with Gasteiger partial charge < -0.3 is 9.80 Å². The summed E-state index contributed by atoms with van der Waals surface area (Å²) in [6, 6.07) is 22.8. The zero-order valence-electron chi connectivity index (χ0n) is 19.8. The molecular formula is C29H26N4O3. The van der Waals surface area contributed by atoms with Gasteiger partial charge in [-0.3, -0.25) is 14.4 Å². The number of Topliss-reactive ketones (excluding diaryl/α,β-unsaturated/α-hetero) is 1. The summed E-state index contributed by atoms with van der Waals surface area (Å²) in [4.78, 5) is 50.6. The number of rotatable bonds is 7. The second kappa shape index (κ2) is 10.5. The zero-order valence-corrected chi connectivity index (χ0v) is 19.8. The van der Waals surface area contributed by atoms with E-state index < -0.39 is 5.78 Å². The van der Waals surface area contributed by atoms with Crippen LogP contribution in [-0.2, 0) is 11.3 Å². The number of amides is 2. The largest absolute Gasteiger partial charge is 0.339 e. The number of nitrogens with zero attached hydrogens (tertiary/aromatic N) is 4. The summed E-state index contributed by atoms with van der Waals surface area (Å²) in [5.41, 5.74) is 2.02. The molecule has 1 aliphatic rings. The normalized spacial score (nSPS) is 13.1. The van der Waals surface area contributed by atoms with Crippen LogP contribution in [-0.4, -0.2) is 45.6 Å². The number of ketones is 1. The van der Waals surface area contributed by atoms with Crippen LogP contribution in [0.3, 0.4) is 0 Å². The van der Waals surface area contributed by atoms with Crippen molar-refractivity contribution in [3.63, 3.8) is 0 Å². The fraction of sp³-hybridized carbons (Fsp3) is 0.207. The molecule has 36 heavy (non-hydrogen) atoms. The van der Waals surface area contributed by atoms with Gasteiger partial charge in [0, 0.05) is 36.7 Å². The number of aromatic nitrogens is 2. The molecule has 1 aromatic heterocycles. The molecule has 1 aliphatic heterocycles. The fourth-order valence-corrected chi connectivity index (χ4v) is 4.51. The van der Waals surface area contributed by atoms with Crippen molar-refractivity contribution in [3.8, 4) is 0 Å². The summed E-state index contributed by atoms with van der Waals surface area (Å²) in [7, 11) is 0. The molecule has 5 rings (SSSR count). The van der Waals surface area contributed by atoms with E-state index >= 15 is 0 Å². The Bertz CT molecular complexity index is 1410. The van der Waals surface area contributed by atoms with Gasteiger partial charge in [-0.1, -0.05) is 42.5 Å². The van der Waals surface area contributed by atoms with Crippen LogP contribution < -0.4 is 4.90 Å². The van der Waals surface area contributed by atoms with Crippen LogP contribution in [0.15, 0.2) is 85.2 Å². The summed E-state index contributed by atoms with van der Waals surface area (Å²) in [5, 5.41) is 2.17. The molecule has 0 bridgehead atoms. The highest BCUT2D eigenvalue weighted by atomic mass is 16.2. The smallest absolute Gasteiger partial charge is 0.253 e. The lowest BCUT2D eigenvalue weighted by Crippen LogP contribution is -2.33. The Kier molecular flexibility index (Phi) is 6.80. The van der Waals surface area contributed by atoms with Crippen molar-refractivity contribution in [2.24, 2.45) is 0 Å². The van der Waals surface area contributed by atoms with E-state index in [1.807, 2.05) is 47.4 Å². The Balaban J connectivity index is 1.46. The van der Waals surface area contributed by atoms with Crippen molar-refractivity contribution in [2.75, 3.05) is 18.0 Å². The van der Waals surface area contributed by atoms with Gasteiger partial charge in [-0.25, -0.2) is 9.97 Å².